The lowest BCUT2D eigenvalue weighted by Crippen LogP contribution is -2.24. The molecule has 10 aromatic carbocycles. The van der Waals surface area contributed by atoms with Crippen LogP contribution < -0.4 is 10.6 Å². The zero-order chi connectivity index (χ0) is 97.8. The number of rotatable bonds is 15. The van der Waals surface area contributed by atoms with E-state index in [4.69, 9.17) is 0 Å². The minimum Gasteiger partial charge on any atom is -0.359 e. The van der Waals surface area contributed by atoms with E-state index in [1.54, 1.807) is 156 Å². The highest BCUT2D eigenvalue weighted by Crippen LogP contribution is 2.40. The molecule has 8 aromatic heterocycles. The molecule has 7 aliphatic rings. The Balaban J connectivity index is 0.000000105. The highest BCUT2D eigenvalue weighted by molar-refractivity contribution is 6.01. The highest BCUT2D eigenvalue weighted by Gasteiger charge is 2.36. The largest absolute Gasteiger partial charge is 0.359 e. The van der Waals surface area contributed by atoms with Gasteiger partial charge in [0.05, 0.1) is 137 Å². The first-order valence-corrected chi connectivity index (χ1v) is 45.7. The Hall–Kier alpha value is -17.8. The summed E-state index contributed by atoms with van der Waals surface area (Å²) >= 11 is 0. The van der Waals surface area contributed by atoms with Crippen LogP contribution in [-0.2, 0) is 92.4 Å². The minimum atomic E-state index is -0.679. The molecule has 0 radical (unpaired) electrons. The molecule has 25 rings (SSSR count). The summed E-state index contributed by atoms with van der Waals surface area (Å²) < 4.78 is 107. The molecule has 7 aliphatic heterocycles. The summed E-state index contributed by atoms with van der Waals surface area (Å²) in [5.74, 6) is -4.47. The number of anilines is 2. The molecule has 0 saturated heterocycles. The van der Waals surface area contributed by atoms with E-state index in [2.05, 4.69) is 69.7 Å². The molecule has 15 heterocycles. The summed E-state index contributed by atoms with van der Waals surface area (Å²) in [5.41, 5.74) is 24.8. The molecule has 22 nitrogen and oxygen atoms in total. The Bertz CT molecular complexity index is 8220. The lowest BCUT2D eigenvalue weighted by molar-refractivity contribution is 0.0755. The lowest BCUT2D eigenvalue weighted by atomic mass is 9.99. The molecular weight excluding hydrogens is 1810 g/mol. The summed E-state index contributed by atoms with van der Waals surface area (Å²) in [6, 6.07) is 69.0. The quantitative estimate of drug-likeness (QED) is 0.0908. The molecule has 0 unspecified atom stereocenters. The van der Waals surface area contributed by atoms with E-state index < -0.39 is 23.3 Å². The van der Waals surface area contributed by atoms with Crippen LogP contribution in [0.4, 0.5) is 42.1 Å². The third kappa shape index (κ3) is 18.2. The molecule has 0 bridgehead atoms. The van der Waals surface area contributed by atoms with Gasteiger partial charge in [-0.1, -0.05) is 86.0 Å². The maximum atomic E-state index is 14.8. The third-order valence-corrected chi connectivity index (χ3v) is 26.4. The van der Waals surface area contributed by atoms with E-state index in [1.807, 2.05) is 133 Å². The number of allylic oxidation sites excluding steroid dienone is 2. The summed E-state index contributed by atoms with van der Waals surface area (Å²) in [4.78, 5) is 104. The number of pyridine rings is 6. The average Bonchev–Trinajstić information content (AvgIpc) is 1.58. The number of carbonyl (C=O) groups excluding carboxylic acids is 5. The molecule has 18 aromatic rings. The summed E-state index contributed by atoms with van der Waals surface area (Å²) in [6.07, 6.45) is 16.7. The maximum absolute atomic E-state index is 14.8. The van der Waals surface area contributed by atoms with E-state index in [0.717, 1.165) is 124 Å². The van der Waals surface area contributed by atoms with Crippen molar-refractivity contribution in [2.24, 2.45) is 14.1 Å². The monoisotopic (exact) mass is 1890 g/mol. The number of amides is 5. The normalized spacial score (nSPS) is 13.9. The maximum Gasteiger partial charge on any atom is 0.256 e. The zero-order valence-corrected chi connectivity index (χ0v) is 76.5. The molecule has 2 N–H and O–H groups in total. The molecule has 0 atom stereocenters. The van der Waals surface area contributed by atoms with Crippen molar-refractivity contribution in [3.05, 3.63) is 453 Å². The molecule has 0 fully saturated rings. The second-order valence-corrected chi connectivity index (χ2v) is 35.7. The van der Waals surface area contributed by atoms with Crippen LogP contribution >= 0.6 is 0 Å². The van der Waals surface area contributed by atoms with Gasteiger partial charge >= 0.3 is 0 Å². The van der Waals surface area contributed by atoms with Gasteiger partial charge in [-0.05, 0) is 236 Å². The van der Waals surface area contributed by atoms with Gasteiger partial charge in [-0.25, -0.2) is 40.7 Å². The van der Waals surface area contributed by atoms with E-state index in [0.29, 0.717) is 98.6 Å². The smallest absolute Gasteiger partial charge is 0.256 e. The SMILES string of the molecule is C=C1Cc2cc(-c3cc(F)c(CN4Cc5ncccc5C4=O)c(F)c3)ccc2N1.C=C1Cc2cc(-c3ccc(CN4Cc5ncccc5C4=O)c(F)c3)ccc2N1.Cn1cnc2ccc(-c3cc(F)c(CN4Cc5ncccc5C4=O)c(F)c3)cc21.Cn1cnc2ccc(-c3ccc(CN4Cc5ncccc5C4=O)c(F)c3)cc21.O=C1c2cccnc2CN1Cc1ccc(-c2ccc3cnccc3c2)cc1F. The van der Waals surface area contributed by atoms with Crippen LogP contribution in [-0.4, -0.2) is 103 Å². The van der Waals surface area contributed by atoms with Gasteiger partial charge in [-0.15, -0.1) is 0 Å². The number of aryl methyl sites for hydroxylation is 2. The molecule has 700 valence electrons. The van der Waals surface area contributed by atoms with Gasteiger partial charge in [0.2, 0.25) is 0 Å². The van der Waals surface area contributed by atoms with E-state index >= 15 is 0 Å². The number of fused-ring (bicyclic) bond motifs is 10. The zero-order valence-electron chi connectivity index (χ0n) is 76.5. The number of hydrogen-bond donors (Lipinski definition) is 2. The Kier molecular flexibility index (Phi) is 24.2. The number of benzene rings is 10. The van der Waals surface area contributed by atoms with Crippen molar-refractivity contribution in [3.8, 4) is 55.6 Å². The van der Waals surface area contributed by atoms with Crippen molar-refractivity contribution >= 4 is 73.7 Å². The Morgan fingerprint density at radius 3 is 0.944 bits per heavy atom. The molecule has 0 saturated carbocycles. The van der Waals surface area contributed by atoms with Crippen LogP contribution in [0.3, 0.4) is 0 Å². The van der Waals surface area contributed by atoms with Crippen molar-refractivity contribution < 1.29 is 54.7 Å². The van der Waals surface area contributed by atoms with Gasteiger partial charge in [0, 0.05) is 146 Å². The summed E-state index contributed by atoms with van der Waals surface area (Å²) in [6.45, 7) is 10.00. The number of carbonyl (C=O) groups is 5. The van der Waals surface area contributed by atoms with Crippen molar-refractivity contribution in [1.82, 2.24) is 73.5 Å². The second-order valence-electron chi connectivity index (χ2n) is 35.7. The van der Waals surface area contributed by atoms with Crippen LogP contribution in [0.5, 0.6) is 0 Å². The van der Waals surface area contributed by atoms with Gasteiger partial charge in [0.15, 0.2) is 0 Å². The minimum absolute atomic E-state index is 0.0991. The first-order valence-electron chi connectivity index (χ1n) is 45.7. The predicted molar refractivity (Wildman–Crippen MR) is 525 cm³/mol. The van der Waals surface area contributed by atoms with Crippen LogP contribution in [0.15, 0.2) is 317 Å². The average molecular weight is 1890 g/mol. The molecular formula is C113H84F7N17O5. The number of imidazole rings is 2. The lowest BCUT2D eigenvalue weighted by Gasteiger charge is -2.17. The second kappa shape index (κ2) is 38.0. The number of nitrogens with zero attached hydrogens (tertiary/aromatic N) is 15. The molecule has 5 amide bonds. The molecule has 142 heavy (non-hydrogen) atoms. The van der Waals surface area contributed by atoms with Gasteiger partial charge in [-0.2, -0.15) is 0 Å². The van der Waals surface area contributed by atoms with Crippen LogP contribution in [0.25, 0.3) is 88.5 Å². The number of halogens is 7. The predicted octanol–water partition coefficient (Wildman–Crippen LogP) is 21.8. The van der Waals surface area contributed by atoms with Crippen molar-refractivity contribution in [2.75, 3.05) is 10.6 Å². The fraction of sp³-hybridized carbons (Fsp3) is 0.124. The third-order valence-electron chi connectivity index (χ3n) is 26.4. The number of aromatic nitrogens is 10. The van der Waals surface area contributed by atoms with Gasteiger partial charge < -0.3 is 44.3 Å². The van der Waals surface area contributed by atoms with E-state index in [-0.39, 0.29) is 104 Å². The van der Waals surface area contributed by atoms with Crippen molar-refractivity contribution in [3.63, 3.8) is 0 Å². The van der Waals surface area contributed by atoms with E-state index in [9.17, 15) is 54.7 Å². The van der Waals surface area contributed by atoms with E-state index in [1.165, 1.54) is 51.8 Å². The van der Waals surface area contributed by atoms with Crippen LogP contribution in [0, 0.1) is 40.7 Å². The Labute approximate surface area is 809 Å². The van der Waals surface area contributed by atoms with Crippen molar-refractivity contribution in [2.45, 2.75) is 78.3 Å². The number of hydrogen-bond acceptors (Lipinski definition) is 15. The standard InChI is InChI=1S/C23H17F2N3O.C23H18FN3O.C23H16FN3O.C22H16F2N4O.C22H17FN4O/c1-13-7-16-8-14(4-5-21(16)27-13)15-9-19(24)18(20(25)10-15)11-28-12-22-17(23(28)29)3-2-6-26-22;1-14-9-18-10-15(6-7-21(18)26-14)16-4-5-17(20(24)11-16)12-27-13-22-19(23(27)28)3-2-8-25-22;24-21-11-16(15-3-5-18-12-25-9-7-17(18)10-15)4-6-19(21)13-27-14-22-20(23(27)28)2-1-8-26-22;1-27-12-26-19-5-4-13(9-21(19)27)14-7-17(23)16(18(24)8-14)10-28-11-20-15(22(28)29)3-2-6-25-20;1-26-13-25-19-7-6-15(10-21(19)26)14-4-5-16(18(23)9-14)11-27-12-20-17(22(27)28)3-2-8-24-20/h2-6,8-10,27H,1,7,11-12H2;2-8,10-11,26H,1,9,12-13H2;1-12H,13-14H2;2-9,12H,10-11H2,1H3;2-10,13H,11-12H2,1H3. The van der Waals surface area contributed by atoms with Gasteiger partial charge in [-0.3, -0.25) is 53.9 Å². The fourth-order valence-electron chi connectivity index (χ4n) is 18.8. The molecule has 0 aliphatic carbocycles. The van der Waals surface area contributed by atoms with Gasteiger partial charge in [0.1, 0.15) is 40.7 Å². The number of nitrogens with one attached hydrogen (secondary N) is 2. The first kappa shape index (κ1) is 90.7. The first-order chi connectivity index (χ1) is 68.9. The topological polar surface area (TPSA) is 239 Å². The molecule has 0 spiro atoms. The van der Waals surface area contributed by atoms with Crippen LogP contribution in [0.1, 0.15) is 119 Å². The summed E-state index contributed by atoms with van der Waals surface area (Å²) in [7, 11) is 3.80. The van der Waals surface area contributed by atoms with Gasteiger partial charge in [0.25, 0.3) is 29.5 Å². The van der Waals surface area contributed by atoms with Crippen molar-refractivity contribution in [1.29, 1.82) is 0 Å². The Morgan fingerprint density at radius 1 is 0.296 bits per heavy atom. The fourth-order valence-corrected chi connectivity index (χ4v) is 18.8. The molecule has 29 heteroatoms. The highest BCUT2D eigenvalue weighted by atomic mass is 19.2. The Morgan fingerprint density at radius 2 is 0.592 bits per heavy atom. The van der Waals surface area contributed by atoms with Crippen LogP contribution in [0.2, 0.25) is 0 Å². The summed E-state index contributed by atoms with van der Waals surface area (Å²) in [5, 5.41) is 8.52.